The fourth-order valence-corrected chi connectivity index (χ4v) is 10.7. The van der Waals surface area contributed by atoms with Crippen LogP contribution in [0.4, 0.5) is 0 Å². The van der Waals surface area contributed by atoms with Crippen molar-refractivity contribution in [2.45, 2.75) is 137 Å². The zero-order valence-corrected chi connectivity index (χ0v) is 24.3. The predicted octanol–water partition coefficient (Wildman–Crippen LogP) is 6.76. The van der Waals surface area contributed by atoms with Gasteiger partial charge >= 0.3 is 11.9 Å². The number of aliphatic hydroxyl groups excluding tert-OH is 1. The summed E-state index contributed by atoms with van der Waals surface area (Å²) < 4.78 is 12.2. The lowest BCUT2D eigenvalue weighted by Crippen LogP contribution is -2.66. The van der Waals surface area contributed by atoms with Crippen LogP contribution in [0.2, 0.25) is 0 Å². The van der Waals surface area contributed by atoms with E-state index in [1.54, 1.807) is 0 Å². The summed E-state index contributed by atoms with van der Waals surface area (Å²) >= 11 is 0. The van der Waals surface area contributed by atoms with Gasteiger partial charge in [-0.1, -0.05) is 54.4 Å². The second kappa shape index (κ2) is 9.10. The van der Waals surface area contributed by atoms with E-state index in [1.165, 1.54) is 38.5 Å². The van der Waals surface area contributed by atoms with Crippen molar-refractivity contribution in [2.75, 3.05) is 0 Å². The van der Waals surface area contributed by atoms with Gasteiger partial charge in [0.2, 0.25) is 0 Å². The first-order valence-electron chi connectivity index (χ1n) is 15.2. The van der Waals surface area contributed by atoms with Crippen molar-refractivity contribution in [1.82, 2.24) is 0 Å². The maximum Gasteiger partial charge on any atom is 0.335 e. The molecule has 3 fully saturated rings. The maximum atomic E-state index is 13.4. The summed E-state index contributed by atoms with van der Waals surface area (Å²) in [6.45, 7) is 16.0. The third-order valence-corrected chi connectivity index (χ3v) is 12.8. The van der Waals surface area contributed by atoms with Crippen LogP contribution in [0.1, 0.15) is 119 Å². The van der Waals surface area contributed by atoms with Gasteiger partial charge in [0.05, 0.1) is 12.5 Å². The van der Waals surface area contributed by atoms with Crippen LogP contribution in [0.25, 0.3) is 0 Å². The quantitative estimate of drug-likeness (QED) is 0.410. The first kappa shape index (κ1) is 27.2. The lowest BCUT2D eigenvalue weighted by atomic mass is 9.35. The Labute approximate surface area is 224 Å². The molecule has 5 nitrogen and oxygen atoms in total. The number of aliphatic hydroxyl groups is 1. The highest BCUT2D eigenvalue weighted by Gasteiger charge is 2.70. The van der Waals surface area contributed by atoms with Crippen LogP contribution in [0.3, 0.4) is 0 Å². The van der Waals surface area contributed by atoms with E-state index >= 15 is 0 Å². The minimum Gasteiger partial charge on any atom is -0.461 e. The monoisotopic (exact) mass is 514 g/mol. The molecule has 5 aliphatic rings. The molecule has 0 aromatic carbocycles. The number of carbonyl (C=O) groups is 2. The first-order chi connectivity index (χ1) is 17.3. The lowest BCUT2D eigenvalue weighted by molar-refractivity contribution is -0.228. The summed E-state index contributed by atoms with van der Waals surface area (Å²) in [4.78, 5) is 26.5. The van der Waals surface area contributed by atoms with Crippen LogP contribution in [-0.4, -0.2) is 35.4 Å². The molecular formula is C32H50O5. The van der Waals surface area contributed by atoms with Gasteiger partial charge in [-0.05, 0) is 97.9 Å². The molecule has 10 atom stereocenters. The van der Waals surface area contributed by atoms with E-state index in [9.17, 15) is 14.7 Å². The van der Waals surface area contributed by atoms with E-state index in [2.05, 4.69) is 34.6 Å². The summed E-state index contributed by atoms with van der Waals surface area (Å²) in [6, 6.07) is 0. The lowest BCUT2D eigenvalue weighted by Gasteiger charge is -2.70. The van der Waals surface area contributed by atoms with E-state index < -0.39 is 11.5 Å². The van der Waals surface area contributed by atoms with Gasteiger partial charge in [0.1, 0.15) is 12.2 Å². The largest absolute Gasteiger partial charge is 0.461 e. The molecule has 1 N–H and O–H groups in total. The predicted molar refractivity (Wildman–Crippen MR) is 143 cm³/mol. The highest BCUT2D eigenvalue weighted by Crippen LogP contribution is 2.74. The minimum atomic E-state index is -0.692. The number of esters is 2. The number of fused-ring (bicyclic) bond motifs is 6. The van der Waals surface area contributed by atoms with Crippen LogP contribution in [0.15, 0.2) is 11.1 Å². The van der Waals surface area contributed by atoms with Gasteiger partial charge < -0.3 is 14.6 Å². The van der Waals surface area contributed by atoms with Crippen LogP contribution in [0.5, 0.6) is 0 Å². The molecule has 0 bridgehead atoms. The van der Waals surface area contributed by atoms with Gasteiger partial charge in [-0.25, -0.2) is 4.79 Å². The van der Waals surface area contributed by atoms with Crippen molar-refractivity contribution in [3.8, 4) is 0 Å². The Hall–Kier alpha value is -1.36. The molecule has 208 valence electrons. The number of hydrogen-bond acceptors (Lipinski definition) is 5. The number of cyclic esters (lactones) is 1. The summed E-state index contributed by atoms with van der Waals surface area (Å²) in [5, 5.41) is 10.2. The molecule has 4 aliphatic carbocycles. The van der Waals surface area contributed by atoms with Crippen molar-refractivity contribution in [3.05, 3.63) is 11.1 Å². The standard InChI is InChI=1S/C32H50O5/c1-8-20(33)17-26(34)37-25-18-24-30(5)15-10-14-29(4,9-2)22(30)13-16-31(24,6)23-12-11-21-19(3)36-28(35)27(21)32(23,25)7/h19-20,22-25,33H,8-18H2,1-7H3/t19-,20?,22?,23?,24?,25-,29-,30-,31-,32+/m0/s1. The molecular weight excluding hydrogens is 464 g/mol. The van der Waals surface area contributed by atoms with E-state index in [-0.39, 0.29) is 47.3 Å². The van der Waals surface area contributed by atoms with Crippen molar-refractivity contribution in [3.63, 3.8) is 0 Å². The first-order valence-corrected chi connectivity index (χ1v) is 15.2. The number of ether oxygens (including phenoxy) is 2. The minimum absolute atomic E-state index is 0.0102. The molecule has 0 aromatic rings. The van der Waals surface area contributed by atoms with Gasteiger partial charge in [0.25, 0.3) is 0 Å². The fourth-order valence-electron chi connectivity index (χ4n) is 10.7. The molecule has 4 unspecified atom stereocenters. The topological polar surface area (TPSA) is 72.8 Å². The van der Waals surface area contributed by atoms with Crippen LogP contribution >= 0.6 is 0 Å². The molecule has 1 aliphatic heterocycles. The molecule has 0 aromatic heterocycles. The molecule has 5 rings (SSSR count). The van der Waals surface area contributed by atoms with Gasteiger partial charge in [0, 0.05) is 11.0 Å². The average molecular weight is 515 g/mol. The van der Waals surface area contributed by atoms with E-state index in [0.717, 1.165) is 30.4 Å². The second-order valence-corrected chi connectivity index (χ2v) is 14.3. The van der Waals surface area contributed by atoms with E-state index in [0.29, 0.717) is 23.7 Å². The summed E-state index contributed by atoms with van der Waals surface area (Å²) in [6.07, 6.45) is 9.42. The Kier molecular flexibility index (Phi) is 6.69. The van der Waals surface area contributed by atoms with Crippen molar-refractivity contribution in [1.29, 1.82) is 0 Å². The van der Waals surface area contributed by atoms with Crippen molar-refractivity contribution < 1.29 is 24.2 Å². The smallest absolute Gasteiger partial charge is 0.335 e. The van der Waals surface area contributed by atoms with Crippen LogP contribution in [-0.2, 0) is 19.1 Å². The summed E-state index contributed by atoms with van der Waals surface area (Å²) in [5.41, 5.74) is 2.01. The van der Waals surface area contributed by atoms with Gasteiger partial charge in [-0.3, -0.25) is 4.79 Å². The second-order valence-electron chi connectivity index (χ2n) is 14.3. The van der Waals surface area contributed by atoms with Gasteiger partial charge in [0.15, 0.2) is 0 Å². The third-order valence-electron chi connectivity index (χ3n) is 12.8. The van der Waals surface area contributed by atoms with Gasteiger partial charge in [-0.2, -0.15) is 0 Å². The van der Waals surface area contributed by atoms with Crippen LogP contribution in [0, 0.1) is 39.4 Å². The summed E-state index contributed by atoms with van der Waals surface area (Å²) in [7, 11) is 0. The molecule has 5 heteroatoms. The number of carbonyl (C=O) groups excluding carboxylic acids is 2. The SMILES string of the molecule is CCC(O)CC(=O)O[C@H]1CC2[C@@]3(C)CCC[C@](C)(CC)C3CC[C@@]2(C)C2CCC3=C(C(=O)O[C@H]3C)[C@]21C. The number of hydrogen-bond donors (Lipinski definition) is 1. The molecule has 0 saturated heterocycles. The van der Waals surface area contributed by atoms with Crippen molar-refractivity contribution in [2.24, 2.45) is 39.4 Å². The Morgan fingerprint density at radius 1 is 1.05 bits per heavy atom. The molecule has 0 radical (unpaired) electrons. The maximum absolute atomic E-state index is 13.4. The Morgan fingerprint density at radius 2 is 1.76 bits per heavy atom. The zero-order chi connectivity index (χ0) is 27.0. The Morgan fingerprint density at radius 3 is 2.43 bits per heavy atom. The Balaban J connectivity index is 1.60. The Bertz CT molecular complexity index is 986. The highest BCUT2D eigenvalue weighted by atomic mass is 16.6. The molecule has 0 amide bonds. The fraction of sp³-hybridized carbons (Fsp3) is 0.875. The van der Waals surface area contributed by atoms with Crippen molar-refractivity contribution >= 4 is 11.9 Å². The molecule has 37 heavy (non-hydrogen) atoms. The zero-order valence-electron chi connectivity index (χ0n) is 24.3. The molecule has 3 saturated carbocycles. The average Bonchev–Trinajstić information content (AvgIpc) is 3.14. The van der Waals surface area contributed by atoms with E-state index in [4.69, 9.17) is 9.47 Å². The highest BCUT2D eigenvalue weighted by molar-refractivity contribution is 5.94. The molecule has 1 heterocycles. The van der Waals surface area contributed by atoms with Gasteiger partial charge in [-0.15, -0.1) is 0 Å². The third kappa shape index (κ3) is 3.79. The molecule has 0 spiro atoms. The van der Waals surface area contributed by atoms with Crippen LogP contribution < -0.4 is 0 Å². The normalized spacial score (nSPS) is 47.8. The van der Waals surface area contributed by atoms with E-state index in [1.807, 2.05) is 13.8 Å². The summed E-state index contributed by atoms with van der Waals surface area (Å²) in [5.74, 6) is 0.831. The number of rotatable bonds is 5.